The van der Waals surface area contributed by atoms with Crippen LogP contribution >= 0.6 is 24.4 Å². The number of hydrogen-bond acceptors (Lipinski definition) is 2. The highest BCUT2D eigenvalue weighted by Gasteiger charge is 2.30. The van der Waals surface area contributed by atoms with E-state index in [1.54, 1.807) is 0 Å². The smallest absolute Gasteiger partial charge is 0.0837 e. The van der Waals surface area contributed by atoms with Gasteiger partial charge in [-0.05, 0) is 11.1 Å². The summed E-state index contributed by atoms with van der Waals surface area (Å²) in [4.78, 5) is 1.58. The normalized spacial score (nSPS) is 13.0. The standard InChI is InChI=1S/C18H20N2S2/c1-19-17(21)15(13-9-5-3-6-10-13)16(18(22)20-2)14-11-7-4-8-12-14/h3-12,15-16H,1-2H3,(H,19,21)(H,20,22). The summed E-state index contributed by atoms with van der Waals surface area (Å²) in [6.45, 7) is 0. The van der Waals surface area contributed by atoms with Gasteiger partial charge in [-0.3, -0.25) is 0 Å². The lowest BCUT2D eigenvalue weighted by Crippen LogP contribution is -2.35. The minimum atomic E-state index is 0.00329. The van der Waals surface area contributed by atoms with Gasteiger partial charge in [0, 0.05) is 25.9 Å². The molecule has 114 valence electrons. The molecule has 0 spiro atoms. The van der Waals surface area contributed by atoms with Crippen molar-refractivity contribution in [2.75, 3.05) is 14.1 Å². The minimum absolute atomic E-state index is 0.00329. The third-order valence-corrected chi connectivity index (χ3v) is 4.62. The van der Waals surface area contributed by atoms with Crippen LogP contribution in [0, 0.1) is 0 Å². The van der Waals surface area contributed by atoms with E-state index in [2.05, 4.69) is 34.9 Å². The first-order chi connectivity index (χ1) is 10.7. The summed E-state index contributed by atoms with van der Waals surface area (Å²) >= 11 is 11.2. The van der Waals surface area contributed by atoms with E-state index in [4.69, 9.17) is 24.4 Å². The molecule has 0 aliphatic carbocycles. The molecule has 0 amide bonds. The van der Waals surface area contributed by atoms with Crippen molar-refractivity contribution >= 4 is 34.4 Å². The van der Waals surface area contributed by atoms with Crippen molar-refractivity contribution in [3.05, 3.63) is 71.8 Å². The lowest BCUT2D eigenvalue weighted by molar-refractivity contribution is 0.783. The summed E-state index contributed by atoms with van der Waals surface area (Å²) < 4.78 is 0. The molecule has 2 unspecified atom stereocenters. The van der Waals surface area contributed by atoms with Gasteiger partial charge in [-0.15, -0.1) is 0 Å². The van der Waals surface area contributed by atoms with Gasteiger partial charge in [0.15, 0.2) is 0 Å². The fourth-order valence-corrected chi connectivity index (χ4v) is 3.17. The second-order valence-corrected chi connectivity index (χ2v) is 5.88. The van der Waals surface area contributed by atoms with Crippen LogP contribution in [0.5, 0.6) is 0 Å². The average Bonchev–Trinajstić information content (AvgIpc) is 2.59. The van der Waals surface area contributed by atoms with Crippen LogP contribution in [0.3, 0.4) is 0 Å². The van der Waals surface area contributed by atoms with Gasteiger partial charge < -0.3 is 10.6 Å². The molecule has 2 nitrogen and oxygen atoms in total. The van der Waals surface area contributed by atoms with Crippen LogP contribution in [-0.4, -0.2) is 24.1 Å². The molecule has 2 rings (SSSR count). The van der Waals surface area contributed by atoms with Crippen molar-refractivity contribution in [1.82, 2.24) is 10.6 Å². The largest absolute Gasteiger partial charge is 0.382 e. The van der Waals surface area contributed by atoms with Gasteiger partial charge in [0.05, 0.1) is 9.98 Å². The molecule has 2 atom stereocenters. The molecule has 0 saturated heterocycles. The van der Waals surface area contributed by atoms with Crippen LogP contribution in [0.4, 0.5) is 0 Å². The summed E-state index contributed by atoms with van der Waals surface area (Å²) in [5.74, 6) is 0.00657. The Hall–Kier alpha value is -1.78. The fourth-order valence-electron chi connectivity index (χ4n) is 2.62. The van der Waals surface area contributed by atoms with E-state index in [1.807, 2.05) is 50.5 Å². The van der Waals surface area contributed by atoms with Gasteiger partial charge in [-0.1, -0.05) is 85.1 Å². The molecule has 4 heteroatoms. The van der Waals surface area contributed by atoms with E-state index in [-0.39, 0.29) is 11.8 Å². The number of rotatable bonds is 5. The number of hydrogen-bond donors (Lipinski definition) is 2. The van der Waals surface area contributed by atoms with E-state index >= 15 is 0 Å². The van der Waals surface area contributed by atoms with E-state index in [1.165, 1.54) is 0 Å². The fraction of sp³-hybridized carbons (Fsp3) is 0.222. The summed E-state index contributed by atoms with van der Waals surface area (Å²) in [6.07, 6.45) is 0. The van der Waals surface area contributed by atoms with Crippen LogP contribution in [0.25, 0.3) is 0 Å². The summed E-state index contributed by atoms with van der Waals surface area (Å²) in [7, 11) is 3.73. The van der Waals surface area contributed by atoms with Crippen LogP contribution in [0.15, 0.2) is 60.7 Å². The van der Waals surface area contributed by atoms with Crippen molar-refractivity contribution < 1.29 is 0 Å². The highest BCUT2D eigenvalue weighted by atomic mass is 32.1. The highest BCUT2D eigenvalue weighted by Crippen LogP contribution is 2.34. The summed E-state index contributed by atoms with van der Waals surface area (Å²) in [5, 5.41) is 6.27. The minimum Gasteiger partial charge on any atom is -0.382 e. The maximum Gasteiger partial charge on any atom is 0.0837 e. The quantitative estimate of drug-likeness (QED) is 0.818. The molecule has 0 saturated carbocycles. The average molecular weight is 329 g/mol. The van der Waals surface area contributed by atoms with Gasteiger partial charge >= 0.3 is 0 Å². The van der Waals surface area contributed by atoms with Crippen molar-refractivity contribution in [3.63, 3.8) is 0 Å². The van der Waals surface area contributed by atoms with E-state index in [9.17, 15) is 0 Å². The van der Waals surface area contributed by atoms with Crippen molar-refractivity contribution in [3.8, 4) is 0 Å². The molecule has 0 aliphatic rings. The second kappa shape index (κ2) is 8.01. The lowest BCUT2D eigenvalue weighted by atomic mass is 9.81. The van der Waals surface area contributed by atoms with Gasteiger partial charge in [-0.25, -0.2) is 0 Å². The van der Waals surface area contributed by atoms with Gasteiger partial charge in [0.2, 0.25) is 0 Å². The third kappa shape index (κ3) is 3.70. The van der Waals surface area contributed by atoms with Crippen LogP contribution in [-0.2, 0) is 0 Å². The molecule has 0 aliphatic heterocycles. The van der Waals surface area contributed by atoms with Crippen LogP contribution in [0.2, 0.25) is 0 Å². The molecule has 0 fully saturated rings. The molecule has 2 aromatic carbocycles. The number of benzene rings is 2. The van der Waals surface area contributed by atoms with E-state index in [0.29, 0.717) is 0 Å². The molecular formula is C18H20N2S2. The van der Waals surface area contributed by atoms with Crippen molar-refractivity contribution in [1.29, 1.82) is 0 Å². The van der Waals surface area contributed by atoms with Crippen molar-refractivity contribution in [2.24, 2.45) is 0 Å². The maximum atomic E-state index is 5.60. The Morgan fingerprint density at radius 1 is 0.682 bits per heavy atom. The highest BCUT2D eigenvalue weighted by molar-refractivity contribution is 7.81. The first-order valence-corrected chi connectivity index (χ1v) is 8.03. The molecular weight excluding hydrogens is 308 g/mol. The SMILES string of the molecule is CNC(=S)C(c1ccccc1)C(C(=S)NC)c1ccccc1. The zero-order valence-electron chi connectivity index (χ0n) is 12.7. The second-order valence-electron chi connectivity index (χ2n) is 5.01. The molecule has 0 radical (unpaired) electrons. The summed E-state index contributed by atoms with van der Waals surface area (Å²) in [6, 6.07) is 20.6. The topological polar surface area (TPSA) is 24.1 Å². The molecule has 0 aromatic heterocycles. The molecule has 2 aromatic rings. The predicted molar refractivity (Wildman–Crippen MR) is 102 cm³/mol. The Morgan fingerprint density at radius 3 is 1.27 bits per heavy atom. The zero-order chi connectivity index (χ0) is 15.9. The maximum absolute atomic E-state index is 5.60. The Labute approximate surface area is 142 Å². The van der Waals surface area contributed by atoms with Gasteiger partial charge in [0.25, 0.3) is 0 Å². The number of thiocarbonyl (C=S) groups is 2. The third-order valence-electron chi connectivity index (χ3n) is 3.71. The zero-order valence-corrected chi connectivity index (χ0v) is 14.4. The Balaban J connectivity index is 2.54. The molecule has 2 N–H and O–H groups in total. The Bertz CT molecular complexity index is 569. The van der Waals surface area contributed by atoms with E-state index < -0.39 is 0 Å². The number of nitrogens with one attached hydrogen (secondary N) is 2. The van der Waals surface area contributed by atoms with Crippen LogP contribution < -0.4 is 10.6 Å². The monoisotopic (exact) mass is 328 g/mol. The van der Waals surface area contributed by atoms with Crippen molar-refractivity contribution in [2.45, 2.75) is 11.8 Å². The Kier molecular flexibility index (Phi) is 6.04. The first-order valence-electron chi connectivity index (χ1n) is 7.22. The van der Waals surface area contributed by atoms with Gasteiger partial charge in [-0.2, -0.15) is 0 Å². The summed E-state index contributed by atoms with van der Waals surface area (Å²) in [5.41, 5.74) is 2.32. The predicted octanol–water partition coefficient (Wildman–Crippen LogP) is 3.65. The lowest BCUT2D eigenvalue weighted by Gasteiger charge is -2.29. The van der Waals surface area contributed by atoms with E-state index in [0.717, 1.165) is 21.1 Å². The van der Waals surface area contributed by atoms with Gasteiger partial charge in [0.1, 0.15) is 0 Å². The Morgan fingerprint density at radius 2 is 1.00 bits per heavy atom. The number of likely N-dealkylation sites (N-methyl/N-ethyl adjacent to an activating group) is 2. The molecule has 0 heterocycles. The first kappa shape index (κ1) is 16.6. The molecule has 0 bridgehead atoms. The molecule has 22 heavy (non-hydrogen) atoms. The van der Waals surface area contributed by atoms with Crippen LogP contribution in [0.1, 0.15) is 23.0 Å².